The van der Waals surface area contributed by atoms with Gasteiger partial charge < -0.3 is 9.84 Å². The van der Waals surface area contributed by atoms with Gasteiger partial charge in [-0.15, -0.1) is 0 Å². The molecule has 220 valence electrons. The predicted molar refractivity (Wildman–Crippen MR) is 158 cm³/mol. The second kappa shape index (κ2) is 9.41. The number of pyridine rings is 1. The van der Waals surface area contributed by atoms with Crippen LogP contribution in [0.2, 0.25) is 0 Å². The molecule has 0 aromatic carbocycles. The van der Waals surface area contributed by atoms with Crippen LogP contribution in [-0.2, 0) is 16.1 Å². The van der Waals surface area contributed by atoms with Crippen molar-refractivity contribution < 1.29 is 19.2 Å². The summed E-state index contributed by atoms with van der Waals surface area (Å²) in [5.41, 5.74) is 1.59. The molecule has 0 radical (unpaired) electrons. The molecule has 4 nitrogen and oxygen atoms in total. The number of aliphatic hydroxyl groups is 1. The molecule has 5 aliphatic rings. The van der Waals surface area contributed by atoms with Crippen LogP contribution in [0.5, 0.6) is 0 Å². The zero-order chi connectivity index (χ0) is 28.7. The van der Waals surface area contributed by atoms with E-state index in [9.17, 15) is 9.90 Å². The van der Waals surface area contributed by atoms with Crippen molar-refractivity contribution in [2.75, 3.05) is 7.11 Å². The number of ether oxygens (including phenoxy) is 1. The molecule has 10 atom stereocenters. The molecular formula is C36H54NO3+. The smallest absolute Gasteiger partial charge is 0.312 e. The lowest BCUT2D eigenvalue weighted by atomic mass is 9.32. The number of aliphatic hydroxyl groups excluding tert-OH is 1. The summed E-state index contributed by atoms with van der Waals surface area (Å²) in [6, 6.07) is 6.23. The number of carbonyl (C=O) groups is 1. The van der Waals surface area contributed by atoms with Crippen LogP contribution >= 0.6 is 0 Å². The highest BCUT2D eigenvalue weighted by atomic mass is 16.5. The molecule has 1 heterocycles. The van der Waals surface area contributed by atoms with Crippen LogP contribution in [-0.4, -0.2) is 24.3 Å². The SMILES string of the molecule is C=C(C[n+]1ccccc1)[C@@H]1CC[C@]2(C(=O)OC)CC[C@]3(C)[C@H](CC[C@@H]4[C@@]5(C)CC[C@H](O)C(C)(C)[C@@H]5CC[C@]43C)[C@@H]12. The highest BCUT2D eigenvalue weighted by molar-refractivity contribution is 5.78. The van der Waals surface area contributed by atoms with Crippen LogP contribution in [0.1, 0.15) is 98.8 Å². The summed E-state index contributed by atoms with van der Waals surface area (Å²) in [6.07, 6.45) is 15.1. The van der Waals surface area contributed by atoms with Crippen molar-refractivity contribution in [3.05, 3.63) is 42.7 Å². The van der Waals surface area contributed by atoms with E-state index >= 15 is 0 Å². The number of nitrogens with zero attached hydrogens (tertiary/aromatic N) is 1. The van der Waals surface area contributed by atoms with Crippen LogP contribution in [0.15, 0.2) is 42.7 Å². The summed E-state index contributed by atoms with van der Waals surface area (Å²) in [4.78, 5) is 13.7. The number of hydrogen-bond acceptors (Lipinski definition) is 3. The average Bonchev–Trinajstić information content (AvgIpc) is 3.32. The molecule has 5 fully saturated rings. The number of carbonyl (C=O) groups excluding carboxylic acids is 1. The summed E-state index contributed by atoms with van der Waals surface area (Å²) in [5, 5.41) is 11.0. The fourth-order valence-electron chi connectivity index (χ4n) is 12.5. The number of fused-ring (bicyclic) bond motifs is 7. The van der Waals surface area contributed by atoms with Gasteiger partial charge in [-0.25, -0.2) is 4.57 Å². The van der Waals surface area contributed by atoms with Crippen LogP contribution in [0.25, 0.3) is 0 Å². The summed E-state index contributed by atoms with van der Waals surface area (Å²) in [6.45, 7) is 18.0. The molecule has 0 bridgehead atoms. The topological polar surface area (TPSA) is 50.4 Å². The van der Waals surface area contributed by atoms with Crippen molar-refractivity contribution >= 4 is 5.97 Å². The Morgan fingerprint density at radius 2 is 1.60 bits per heavy atom. The van der Waals surface area contributed by atoms with Gasteiger partial charge >= 0.3 is 5.97 Å². The first kappa shape index (κ1) is 28.4. The Bertz CT molecular complexity index is 1160. The van der Waals surface area contributed by atoms with Crippen LogP contribution in [0.3, 0.4) is 0 Å². The maximum atomic E-state index is 13.7. The molecule has 1 aromatic rings. The van der Waals surface area contributed by atoms with Gasteiger partial charge in [0.2, 0.25) is 0 Å². The summed E-state index contributed by atoms with van der Waals surface area (Å²) in [5.74, 6) is 2.44. The Morgan fingerprint density at radius 1 is 0.875 bits per heavy atom. The summed E-state index contributed by atoms with van der Waals surface area (Å²) < 4.78 is 7.85. The molecule has 1 aromatic heterocycles. The van der Waals surface area contributed by atoms with Crippen molar-refractivity contribution in [2.24, 2.45) is 56.7 Å². The Morgan fingerprint density at radius 3 is 2.30 bits per heavy atom. The second-order valence-corrected chi connectivity index (χ2v) is 16.1. The third-order valence-corrected chi connectivity index (χ3v) is 14.7. The van der Waals surface area contributed by atoms with Crippen molar-refractivity contribution in [1.29, 1.82) is 0 Å². The normalized spacial score (nSPS) is 47.3. The average molecular weight is 549 g/mol. The largest absolute Gasteiger partial charge is 0.469 e. The second-order valence-electron chi connectivity index (χ2n) is 16.1. The first-order valence-corrected chi connectivity index (χ1v) is 16.2. The van der Waals surface area contributed by atoms with Gasteiger partial charge in [-0.2, -0.15) is 0 Å². The molecule has 0 saturated heterocycles. The minimum atomic E-state index is -0.366. The van der Waals surface area contributed by atoms with Crippen molar-refractivity contribution in [1.82, 2.24) is 0 Å². The van der Waals surface area contributed by atoms with Gasteiger partial charge in [0.1, 0.15) is 0 Å². The zero-order valence-electron chi connectivity index (χ0n) is 26.0. The van der Waals surface area contributed by atoms with Gasteiger partial charge in [0.05, 0.1) is 18.6 Å². The standard InChI is InChI=1S/C36H54NO3/c1-24(23-37-21-9-8-10-22-37)25-13-18-36(31(39)40-7)20-19-34(5)26(30(25)36)11-12-28-33(4)16-15-29(38)32(2,3)27(33)14-17-35(28,34)6/h8-10,21-22,25-30,38H,1,11-20,23H2,2-7H3/q+1/t25-,26+,27-,28+,29-,30+,33-,34+,35+,36-/m0/s1. The van der Waals surface area contributed by atoms with Gasteiger partial charge in [-0.05, 0) is 121 Å². The van der Waals surface area contributed by atoms with E-state index in [0.29, 0.717) is 29.6 Å². The molecular weight excluding hydrogens is 494 g/mol. The number of allylic oxidation sites excluding steroid dienone is 1. The van der Waals surface area contributed by atoms with E-state index in [-0.39, 0.29) is 39.1 Å². The first-order valence-electron chi connectivity index (χ1n) is 16.2. The van der Waals surface area contributed by atoms with Gasteiger partial charge in [0.15, 0.2) is 18.9 Å². The lowest BCUT2D eigenvalue weighted by molar-refractivity contribution is -0.689. The van der Waals surface area contributed by atoms with Crippen LogP contribution < -0.4 is 4.57 Å². The summed E-state index contributed by atoms with van der Waals surface area (Å²) in [7, 11) is 1.60. The van der Waals surface area contributed by atoms with Crippen LogP contribution in [0.4, 0.5) is 0 Å². The lowest BCUT2D eigenvalue weighted by Crippen LogP contribution is -2.67. The quantitative estimate of drug-likeness (QED) is 0.247. The molecule has 0 amide bonds. The van der Waals surface area contributed by atoms with E-state index in [1.54, 1.807) is 7.11 Å². The van der Waals surface area contributed by atoms with E-state index in [4.69, 9.17) is 4.74 Å². The number of esters is 1. The van der Waals surface area contributed by atoms with Crippen molar-refractivity contribution in [3.63, 3.8) is 0 Å². The summed E-state index contributed by atoms with van der Waals surface area (Å²) >= 11 is 0. The van der Waals surface area contributed by atoms with E-state index in [1.165, 1.54) is 31.3 Å². The Hall–Kier alpha value is -1.68. The number of hydrogen-bond donors (Lipinski definition) is 1. The molecule has 40 heavy (non-hydrogen) atoms. The number of rotatable bonds is 4. The fourth-order valence-corrected chi connectivity index (χ4v) is 12.5. The highest BCUT2D eigenvalue weighted by Crippen LogP contribution is 2.77. The van der Waals surface area contributed by atoms with E-state index < -0.39 is 0 Å². The van der Waals surface area contributed by atoms with E-state index in [2.05, 4.69) is 76.4 Å². The van der Waals surface area contributed by atoms with Gasteiger partial charge in [-0.3, -0.25) is 4.79 Å². The third kappa shape index (κ3) is 3.66. The van der Waals surface area contributed by atoms with Crippen LogP contribution in [0, 0.1) is 56.7 Å². The molecule has 0 spiro atoms. The first-order chi connectivity index (χ1) is 18.8. The van der Waals surface area contributed by atoms with E-state index in [1.807, 2.05) is 0 Å². The van der Waals surface area contributed by atoms with Gasteiger partial charge in [-0.1, -0.05) is 47.3 Å². The molecule has 0 unspecified atom stereocenters. The third-order valence-electron chi connectivity index (χ3n) is 14.7. The highest BCUT2D eigenvalue weighted by Gasteiger charge is 2.72. The molecule has 5 aliphatic carbocycles. The molecule has 4 heteroatoms. The Labute approximate surface area is 243 Å². The molecule has 0 aliphatic heterocycles. The van der Waals surface area contributed by atoms with Gasteiger partial charge in [0, 0.05) is 12.1 Å². The van der Waals surface area contributed by atoms with Crippen molar-refractivity contribution in [2.45, 2.75) is 111 Å². The van der Waals surface area contributed by atoms with Crippen molar-refractivity contribution in [3.8, 4) is 0 Å². The zero-order valence-corrected chi connectivity index (χ0v) is 26.0. The maximum Gasteiger partial charge on any atom is 0.312 e. The number of methoxy groups -OCH3 is 1. The Kier molecular flexibility index (Phi) is 6.69. The molecule has 5 saturated carbocycles. The maximum absolute atomic E-state index is 13.7. The lowest BCUT2D eigenvalue weighted by Gasteiger charge is -2.72. The Balaban J connectivity index is 1.37. The predicted octanol–water partition coefficient (Wildman–Crippen LogP) is 7.15. The van der Waals surface area contributed by atoms with E-state index in [0.717, 1.165) is 45.1 Å². The minimum absolute atomic E-state index is 0.0257. The fraction of sp³-hybridized carbons (Fsp3) is 0.778. The number of aromatic nitrogens is 1. The van der Waals surface area contributed by atoms with Gasteiger partial charge in [0.25, 0.3) is 0 Å². The molecule has 1 N–H and O–H groups in total. The minimum Gasteiger partial charge on any atom is -0.469 e. The molecule has 6 rings (SSSR count). The monoisotopic (exact) mass is 548 g/mol.